The quantitative estimate of drug-likeness (QED) is 0.782. The molecule has 84 valence electrons. The molecule has 0 bridgehead atoms. The summed E-state index contributed by atoms with van der Waals surface area (Å²) in [6.07, 6.45) is -0.566. The first kappa shape index (κ1) is 10.7. The zero-order valence-electron chi connectivity index (χ0n) is 9.05. The van der Waals surface area contributed by atoms with E-state index in [0.717, 1.165) is 16.9 Å². The third kappa shape index (κ3) is 1.78. The van der Waals surface area contributed by atoms with Gasteiger partial charge >= 0.3 is 6.09 Å². The number of rotatable bonds is 3. The topological polar surface area (TPSA) is 46.6 Å². The lowest BCUT2D eigenvalue weighted by atomic mass is 10.1. The summed E-state index contributed by atoms with van der Waals surface area (Å²) in [6.45, 7) is 2.33. The van der Waals surface area contributed by atoms with Crippen LogP contribution >= 0.6 is 0 Å². The zero-order chi connectivity index (χ0) is 11.5. The number of ether oxygens (including phenoxy) is 1. The Hall–Kier alpha value is -1.84. The molecule has 1 saturated heterocycles. The second-order valence-electron chi connectivity index (χ2n) is 3.66. The Morgan fingerprint density at radius 1 is 1.25 bits per heavy atom. The number of hydrogen-bond donors (Lipinski definition) is 0. The Balaban J connectivity index is 2.21. The number of amides is 2. The van der Waals surface area contributed by atoms with Gasteiger partial charge in [-0.25, -0.2) is 9.69 Å². The Labute approximate surface area is 93.8 Å². The van der Waals surface area contributed by atoms with Gasteiger partial charge in [-0.3, -0.25) is 4.79 Å². The third-order valence-electron chi connectivity index (χ3n) is 2.48. The summed E-state index contributed by atoms with van der Waals surface area (Å²) in [5.41, 5.74) is 0.722. The van der Waals surface area contributed by atoms with Crippen LogP contribution in [0.2, 0.25) is 0 Å². The number of nitrogens with zero attached hydrogens (tertiary/aromatic N) is 1. The molecule has 0 N–H and O–H groups in total. The lowest BCUT2D eigenvalue weighted by Gasteiger charge is -2.08. The van der Waals surface area contributed by atoms with Crippen molar-refractivity contribution in [1.29, 1.82) is 0 Å². The fourth-order valence-corrected chi connectivity index (χ4v) is 1.71. The molecule has 0 radical (unpaired) electrons. The maximum atomic E-state index is 11.9. The van der Waals surface area contributed by atoms with Gasteiger partial charge in [0.05, 0.1) is 0 Å². The molecule has 4 heteroatoms. The van der Waals surface area contributed by atoms with Crippen LogP contribution in [0.15, 0.2) is 30.3 Å². The molecular formula is C12H13NO3. The van der Waals surface area contributed by atoms with Gasteiger partial charge < -0.3 is 4.74 Å². The van der Waals surface area contributed by atoms with Crippen LogP contribution in [0.3, 0.4) is 0 Å². The summed E-state index contributed by atoms with van der Waals surface area (Å²) in [5, 5.41) is 0. The maximum Gasteiger partial charge on any atom is 0.417 e. The highest BCUT2D eigenvalue weighted by Crippen LogP contribution is 2.27. The summed E-state index contributed by atoms with van der Waals surface area (Å²) >= 11 is 0. The first-order valence-electron chi connectivity index (χ1n) is 5.31. The molecule has 2 amide bonds. The van der Waals surface area contributed by atoms with Crippen molar-refractivity contribution in [2.24, 2.45) is 0 Å². The summed E-state index contributed by atoms with van der Waals surface area (Å²) in [4.78, 5) is 24.5. The van der Waals surface area contributed by atoms with Crippen molar-refractivity contribution in [2.45, 2.75) is 19.4 Å². The van der Waals surface area contributed by atoms with Crippen molar-refractivity contribution in [3.05, 3.63) is 35.9 Å². The minimum absolute atomic E-state index is 0.266. The lowest BCUT2D eigenvalue weighted by molar-refractivity contribution is -0.129. The zero-order valence-corrected chi connectivity index (χ0v) is 9.05. The molecule has 1 fully saturated rings. The van der Waals surface area contributed by atoms with Gasteiger partial charge in [-0.15, -0.1) is 0 Å². The molecular weight excluding hydrogens is 206 g/mol. The molecule has 1 atom stereocenters. The van der Waals surface area contributed by atoms with E-state index in [9.17, 15) is 9.59 Å². The molecule has 1 unspecified atom stereocenters. The minimum atomic E-state index is -0.764. The van der Waals surface area contributed by atoms with E-state index in [1.165, 1.54) is 0 Å². The van der Waals surface area contributed by atoms with E-state index >= 15 is 0 Å². The van der Waals surface area contributed by atoms with Gasteiger partial charge in [0.2, 0.25) is 6.10 Å². The number of cyclic esters (lactones) is 1. The van der Waals surface area contributed by atoms with Gasteiger partial charge in [0, 0.05) is 12.1 Å². The SMILES string of the molecule is CCCN1C(=O)OC(c2ccccc2)C1=O. The van der Waals surface area contributed by atoms with Gasteiger partial charge in [-0.05, 0) is 6.42 Å². The van der Waals surface area contributed by atoms with Crippen molar-refractivity contribution in [3.8, 4) is 0 Å². The van der Waals surface area contributed by atoms with Crippen LogP contribution in [0.25, 0.3) is 0 Å². The fraction of sp³-hybridized carbons (Fsp3) is 0.333. The van der Waals surface area contributed by atoms with Crippen LogP contribution in [0, 0.1) is 0 Å². The van der Waals surface area contributed by atoms with Crippen molar-refractivity contribution in [3.63, 3.8) is 0 Å². The molecule has 0 aliphatic carbocycles. The largest absolute Gasteiger partial charge is 0.431 e. The van der Waals surface area contributed by atoms with E-state index in [1.807, 2.05) is 25.1 Å². The molecule has 1 aliphatic heterocycles. The standard InChI is InChI=1S/C12H13NO3/c1-2-8-13-11(14)10(16-12(13)15)9-6-4-3-5-7-9/h3-7,10H,2,8H2,1H3. The predicted octanol–water partition coefficient (Wildman–Crippen LogP) is 2.12. The number of carbonyl (C=O) groups excluding carboxylic acids is 2. The summed E-state index contributed by atoms with van der Waals surface area (Å²) in [6, 6.07) is 9.06. The van der Waals surface area contributed by atoms with Crippen molar-refractivity contribution < 1.29 is 14.3 Å². The molecule has 16 heavy (non-hydrogen) atoms. The van der Waals surface area contributed by atoms with Crippen LogP contribution in [0.5, 0.6) is 0 Å². The second kappa shape index (κ2) is 4.35. The first-order valence-corrected chi connectivity index (χ1v) is 5.31. The second-order valence-corrected chi connectivity index (χ2v) is 3.66. The van der Waals surface area contributed by atoms with Crippen molar-refractivity contribution in [1.82, 2.24) is 4.90 Å². The fourth-order valence-electron chi connectivity index (χ4n) is 1.71. The summed E-state index contributed by atoms with van der Waals surface area (Å²) < 4.78 is 5.06. The summed E-state index contributed by atoms with van der Waals surface area (Å²) in [5.74, 6) is -0.266. The van der Waals surface area contributed by atoms with Crippen molar-refractivity contribution in [2.75, 3.05) is 6.54 Å². The lowest BCUT2D eigenvalue weighted by Crippen LogP contribution is -2.30. The van der Waals surface area contributed by atoms with Crippen LogP contribution in [-0.4, -0.2) is 23.4 Å². The molecule has 0 aromatic heterocycles. The average molecular weight is 219 g/mol. The number of hydrogen-bond acceptors (Lipinski definition) is 3. The monoisotopic (exact) mass is 219 g/mol. The third-order valence-corrected chi connectivity index (χ3v) is 2.48. The van der Waals surface area contributed by atoms with Gasteiger partial charge in [0.15, 0.2) is 0 Å². The van der Waals surface area contributed by atoms with Gasteiger partial charge in [0.25, 0.3) is 5.91 Å². The van der Waals surface area contributed by atoms with E-state index in [0.29, 0.717) is 6.54 Å². The Morgan fingerprint density at radius 2 is 1.94 bits per heavy atom. The van der Waals surface area contributed by atoms with Crippen LogP contribution < -0.4 is 0 Å². The predicted molar refractivity (Wildman–Crippen MR) is 57.7 cm³/mol. The highest BCUT2D eigenvalue weighted by molar-refractivity contribution is 6.00. The Morgan fingerprint density at radius 3 is 2.56 bits per heavy atom. The molecule has 2 rings (SSSR count). The minimum Gasteiger partial charge on any atom is -0.431 e. The first-order chi connectivity index (χ1) is 7.74. The molecule has 1 aromatic rings. The number of imide groups is 1. The highest BCUT2D eigenvalue weighted by Gasteiger charge is 2.40. The molecule has 1 heterocycles. The van der Waals surface area contributed by atoms with Crippen LogP contribution in [0.4, 0.5) is 4.79 Å². The highest BCUT2D eigenvalue weighted by atomic mass is 16.6. The van der Waals surface area contributed by atoms with Gasteiger partial charge in [0.1, 0.15) is 0 Å². The average Bonchev–Trinajstić information content (AvgIpc) is 2.59. The normalized spacial score (nSPS) is 20.1. The molecule has 1 aliphatic rings. The van der Waals surface area contributed by atoms with E-state index in [-0.39, 0.29) is 5.91 Å². The number of carbonyl (C=O) groups is 2. The molecule has 0 spiro atoms. The van der Waals surface area contributed by atoms with E-state index < -0.39 is 12.2 Å². The smallest absolute Gasteiger partial charge is 0.417 e. The Kier molecular flexibility index (Phi) is 2.90. The molecule has 0 saturated carbocycles. The maximum absolute atomic E-state index is 11.9. The molecule has 4 nitrogen and oxygen atoms in total. The van der Waals surface area contributed by atoms with Gasteiger partial charge in [-0.2, -0.15) is 0 Å². The summed E-state index contributed by atoms with van der Waals surface area (Å²) in [7, 11) is 0. The van der Waals surface area contributed by atoms with E-state index in [2.05, 4.69) is 0 Å². The molecule has 1 aromatic carbocycles. The van der Waals surface area contributed by atoms with Crippen molar-refractivity contribution >= 4 is 12.0 Å². The Bertz CT molecular complexity index is 402. The van der Waals surface area contributed by atoms with E-state index in [4.69, 9.17) is 4.74 Å². The van der Waals surface area contributed by atoms with Crippen LogP contribution in [-0.2, 0) is 9.53 Å². The van der Waals surface area contributed by atoms with Gasteiger partial charge in [-0.1, -0.05) is 37.3 Å². The van der Waals surface area contributed by atoms with Crippen LogP contribution in [0.1, 0.15) is 25.0 Å². The van der Waals surface area contributed by atoms with E-state index in [1.54, 1.807) is 12.1 Å². The number of benzene rings is 1.